The quantitative estimate of drug-likeness (QED) is 0.231. The molecule has 3 aromatic carbocycles. The summed E-state index contributed by atoms with van der Waals surface area (Å²) in [6.45, 7) is 5.71. The summed E-state index contributed by atoms with van der Waals surface area (Å²) in [4.78, 5) is 17.1. The van der Waals surface area contributed by atoms with Crippen LogP contribution in [0.3, 0.4) is 0 Å². The van der Waals surface area contributed by atoms with E-state index in [-0.39, 0.29) is 12.5 Å². The Hall–Kier alpha value is -3.60. The predicted octanol–water partition coefficient (Wildman–Crippen LogP) is 6.19. The number of unbranched alkanes of at least 4 members (excludes halogenated alkanes) is 2. The van der Waals surface area contributed by atoms with E-state index in [9.17, 15) is 4.79 Å². The highest BCUT2D eigenvalue weighted by molar-refractivity contribution is 5.77. The smallest absolute Gasteiger partial charge is 0.257 e. The summed E-state index contributed by atoms with van der Waals surface area (Å²) in [5.41, 5.74) is 5.84. The first kappa shape index (κ1) is 25.5. The Kier molecular flexibility index (Phi) is 9.15. The van der Waals surface area contributed by atoms with Gasteiger partial charge in [0.25, 0.3) is 5.91 Å². The first-order valence-corrected chi connectivity index (χ1v) is 13.0. The third kappa shape index (κ3) is 7.20. The molecule has 36 heavy (non-hydrogen) atoms. The van der Waals surface area contributed by atoms with Gasteiger partial charge in [0.1, 0.15) is 11.6 Å². The number of imidazole rings is 1. The number of aryl methyl sites for hydroxylation is 5. The van der Waals surface area contributed by atoms with Crippen LogP contribution in [0.4, 0.5) is 0 Å². The average molecular weight is 484 g/mol. The number of ether oxygens (including phenoxy) is 1. The lowest BCUT2D eigenvalue weighted by atomic mass is 10.1. The minimum Gasteiger partial charge on any atom is -0.483 e. The Morgan fingerprint density at radius 1 is 0.889 bits per heavy atom. The fourth-order valence-corrected chi connectivity index (χ4v) is 4.52. The molecule has 0 aliphatic rings. The Balaban J connectivity index is 1.20. The number of amides is 1. The Bertz CT molecular complexity index is 1260. The molecule has 5 nitrogen and oxygen atoms in total. The molecule has 188 valence electrons. The van der Waals surface area contributed by atoms with Crippen molar-refractivity contribution in [3.8, 4) is 5.75 Å². The maximum atomic E-state index is 12.2. The van der Waals surface area contributed by atoms with E-state index in [0.717, 1.165) is 73.3 Å². The van der Waals surface area contributed by atoms with Crippen LogP contribution >= 0.6 is 0 Å². The molecule has 0 bridgehead atoms. The van der Waals surface area contributed by atoms with Crippen LogP contribution in [0, 0.1) is 13.8 Å². The van der Waals surface area contributed by atoms with E-state index in [1.165, 1.54) is 11.1 Å². The van der Waals surface area contributed by atoms with Gasteiger partial charge in [-0.15, -0.1) is 0 Å². The van der Waals surface area contributed by atoms with Crippen molar-refractivity contribution in [1.29, 1.82) is 0 Å². The lowest BCUT2D eigenvalue weighted by molar-refractivity contribution is -0.123. The second-order valence-electron chi connectivity index (χ2n) is 9.48. The molecule has 0 unspecified atom stereocenters. The number of hydrogen-bond donors (Lipinski definition) is 1. The highest BCUT2D eigenvalue weighted by atomic mass is 16.5. The van der Waals surface area contributed by atoms with Gasteiger partial charge in [-0.05, 0) is 74.4 Å². The van der Waals surface area contributed by atoms with Crippen molar-refractivity contribution in [1.82, 2.24) is 14.9 Å². The molecule has 0 saturated carbocycles. The van der Waals surface area contributed by atoms with Gasteiger partial charge in [-0.1, -0.05) is 61.0 Å². The first-order valence-electron chi connectivity index (χ1n) is 13.0. The van der Waals surface area contributed by atoms with Crippen LogP contribution in [0.5, 0.6) is 5.75 Å². The number of para-hydroxylation sites is 2. The molecule has 1 N–H and O–H groups in total. The summed E-state index contributed by atoms with van der Waals surface area (Å²) in [5, 5.41) is 2.98. The van der Waals surface area contributed by atoms with E-state index in [4.69, 9.17) is 9.72 Å². The second kappa shape index (κ2) is 12.9. The molecular formula is C31H37N3O2. The van der Waals surface area contributed by atoms with Crippen LogP contribution in [0.15, 0.2) is 72.8 Å². The first-order chi connectivity index (χ1) is 17.6. The molecule has 0 fully saturated rings. The Morgan fingerprint density at radius 3 is 2.56 bits per heavy atom. The van der Waals surface area contributed by atoms with Gasteiger partial charge >= 0.3 is 0 Å². The number of carbonyl (C=O) groups is 1. The Labute approximate surface area is 214 Å². The maximum Gasteiger partial charge on any atom is 0.257 e. The van der Waals surface area contributed by atoms with E-state index in [1.807, 2.05) is 32.0 Å². The summed E-state index contributed by atoms with van der Waals surface area (Å²) in [7, 11) is 0. The number of nitrogens with zero attached hydrogens (tertiary/aromatic N) is 2. The van der Waals surface area contributed by atoms with E-state index in [1.54, 1.807) is 0 Å². The topological polar surface area (TPSA) is 56.1 Å². The van der Waals surface area contributed by atoms with E-state index in [2.05, 4.69) is 64.5 Å². The molecule has 1 heterocycles. The zero-order valence-electron chi connectivity index (χ0n) is 21.5. The summed E-state index contributed by atoms with van der Waals surface area (Å²) < 4.78 is 8.09. The minimum absolute atomic E-state index is 0.0529. The zero-order chi connectivity index (χ0) is 25.2. The van der Waals surface area contributed by atoms with Gasteiger partial charge in [0, 0.05) is 19.5 Å². The monoisotopic (exact) mass is 483 g/mol. The molecular weight excluding hydrogens is 446 g/mol. The average Bonchev–Trinajstić information content (AvgIpc) is 3.24. The summed E-state index contributed by atoms with van der Waals surface area (Å²) in [6.07, 6.45) is 6.16. The van der Waals surface area contributed by atoms with Crippen molar-refractivity contribution < 1.29 is 9.53 Å². The van der Waals surface area contributed by atoms with Crippen LogP contribution in [0.25, 0.3) is 11.0 Å². The summed E-state index contributed by atoms with van der Waals surface area (Å²) in [5.74, 6) is 1.86. The largest absolute Gasteiger partial charge is 0.483 e. The van der Waals surface area contributed by atoms with Gasteiger partial charge in [-0.25, -0.2) is 4.98 Å². The predicted molar refractivity (Wildman–Crippen MR) is 146 cm³/mol. The highest BCUT2D eigenvalue weighted by Crippen LogP contribution is 2.20. The maximum absolute atomic E-state index is 12.2. The number of benzene rings is 3. The van der Waals surface area contributed by atoms with Crippen LogP contribution < -0.4 is 10.1 Å². The van der Waals surface area contributed by atoms with Crippen molar-refractivity contribution in [3.05, 3.63) is 95.3 Å². The van der Waals surface area contributed by atoms with Crippen LogP contribution in [0.1, 0.15) is 48.2 Å². The molecule has 0 radical (unpaired) electrons. The fraction of sp³-hybridized carbons (Fsp3) is 0.355. The molecule has 4 aromatic rings. The van der Waals surface area contributed by atoms with Crippen LogP contribution in [-0.2, 0) is 24.2 Å². The van der Waals surface area contributed by atoms with Crippen LogP contribution in [-0.4, -0.2) is 28.6 Å². The van der Waals surface area contributed by atoms with Crippen molar-refractivity contribution in [3.63, 3.8) is 0 Å². The molecule has 0 aliphatic heterocycles. The minimum atomic E-state index is -0.0730. The van der Waals surface area contributed by atoms with E-state index in [0.29, 0.717) is 6.54 Å². The molecule has 4 rings (SSSR count). The second-order valence-corrected chi connectivity index (χ2v) is 9.48. The van der Waals surface area contributed by atoms with Gasteiger partial charge < -0.3 is 14.6 Å². The van der Waals surface area contributed by atoms with Gasteiger partial charge in [-0.3, -0.25) is 4.79 Å². The van der Waals surface area contributed by atoms with Gasteiger partial charge in [0.2, 0.25) is 0 Å². The van der Waals surface area contributed by atoms with Crippen molar-refractivity contribution >= 4 is 16.9 Å². The third-order valence-electron chi connectivity index (χ3n) is 6.53. The standard InChI is InChI=1S/C31H37N3O2/c1-24-18-19-25(2)29(22-24)36-23-31(35)32-20-10-4-7-17-30-33-27-15-8-9-16-28(27)34(30)21-11-14-26-12-5-3-6-13-26/h3,5-6,8-9,12-13,15-16,18-19,22H,4,7,10-11,14,17,20-21,23H2,1-2H3,(H,32,35). The molecule has 0 aliphatic carbocycles. The normalized spacial score (nSPS) is 11.1. The molecule has 0 spiro atoms. The molecule has 1 amide bonds. The van der Waals surface area contributed by atoms with Gasteiger partial charge in [-0.2, -0.15) is 0 Å². The number of nitrogens with one attached hydrogen (secondary N) is 1. The van der Waals surface area contributed by atoms with Gasteiger partial charge in [0.15, 0.2) is 6.61 Å². The van der Waals surface area contributed by atoms with Crippen LogP contribution in [0.2, 0.25) is 0 Å². The lowest BCUT2D eigenvalue weighted by Gasteiger charge is -2.11. The summed E-state index contributed by atoms with van der Waals surface area (Å²) >= 11 is 0. The van der Waals surface area contributed by atoms with Gasteiger partial charge in [0.05, 0.1) is 11.0 Å². The SMILES string of the molecule is Cc1ccc(C)c(OCC(=O)NCCCCCc2nc3ccccc3n2CCCc2ccccc2)c1. The molecule has 1 aromatic heterocycles. The number of rotatable bonds is 13. The molecule has 0 atom stereocenters. The Morgan fingerprint density at radius 2 is 1.69 bits per heavy atom. The molecule has 0 saturated heterocycles. The zero-order valence-corrected chi connectivity index (χ0v) is 21.5. The van der Waals surface area contributed by atoms with E-state index >= 15 is 0 Å². The third-order valence-corrected chi connectivity index (χ3v) is 6.53. The number of aromatic nitrogens is 2. The fourth-order valence-electron chi connectivity index (χ4n) is 4.52. The number of fused-ring (bicyclic) bond motifs is 1. The van der Waals surface area contributed by atoms with E-state index < -0.39 is 0 Å². The lowest BCUT2D eigenvalue weighted by Crippen LogP contribution is -2.29. The number of hydrogen-bond acceptors (Lipinski definition) is 3. The van der Waals surface area contributed by atoms with Crippen molar-refractivity contribution in [2.75, 3.05) is 13.2 Å². The van der Waals surface area contributed by atoms with Crippen molar-refractivity contribution in [2.45, 2.75) is 58.9 Å². The molecule has 5 heteroatoms. The van der Waals surface area contributed by atoms with Crippen molar-refractivity contribution in [2.24, 2.45) is 0 Å². The highest BCUT2D eigenvalue weighted by Gasteiger charge is 2.10. The summed E-state index contributed by atoms with van der Waals surface area (Å²) in [6, 6.07) is 25.1. The number of carbonyl (C=O) groups excluding carboxylic acids is 1.